The van der Waals surface area contributed by atoms with E-state index in [1.165, 1.54) is 10.7 Å². The SMILES string of the molecule is Cc1ccc(Nc2cc3c(cc2OC2COC2)ncn3-c2ccc(C#N)c(-n3nc(OC(F)F)cc3C)n2)nn1. The van der Waals surface area contributed by atoms with Crippen molar-refractivity contribution in [2.24, 2.45) is 0 Å². The van der Waals surface area contributed by atoms with Gasteiger partial charge in [0.25, 0.3) is 0 Å². The Morgan fingerprint density at radius 3 is 2.67 bits per heavy atom. The molecule has 0 atom stereocenters. The minimum Gasteiger partial charge on any atom is -0.483 e. The van der Waals surface area contributed by atoms with Gasteiger partial charge in [-0.05, 0) is 44.2 Å². The van der Waals surface area contributed by atoms with Crippen LogP contribution in [0.15, 0.2) is 48.8 Å². The van der Waals surface area contributed by atoms with Gasteiger partial charge in [0.1, 0.15) is 30.1 Å². The Balaban J connectivity index is 1.43. The quantitative estimate of drug-likeness (QED) is 0.304. The van der Waals surface area contributed by atoms with Crippen LogP contribution in [-0.2, 0) is 4.74 Å². The number of alkyl halides is 2. The average Bonchev–Trinajstić information content (AvgIpc) is 3.49. The first-order chi connectivity index (χ1) is 19.4. The van der Waals surface area contributed by atoms with Crippen molar-refractivity contribution in [3.05, 3.63) is 65.7 Å². The van der Waals surface area contributed by atoms with Crippen molar-refractivity contribution in [2.45, 2.75) is 26.6 Å². The van der Waals surface area contributed by atoms with Gasteiger partial charge in [0.05, 0.1) is 41.2 Å². The highest BCUT2D eigenvalue weighted by Gasteiger charge is 2.23. The summed E-state index contributed by atoms with van der Waals surface area (Å²) >= 11 is 0. The molecule has 0 unspecified atom stereocenters. The van der Waals surface area contributed by atoms with Crippen molar-refractivity contribution in [2.75, 3.05) is 18.5 Å². The predicted molar refractivity (Wildman–Crippen MR) is 137 cm³/mol. The summed E-state index contributed by atoms with van der Waals surface area (Å²) in [5.74, 6) is 1.39. The van der Waals surface area contributed by atoms with Gasteiger partial charge in [-0.2, -0.15) is 19.1 Å². The number of nitrogens with one attached hydrogen (secondary N) is 1. The van der Waals surface area contributed by atoms with E-state index in [1.807, 2.05) is 31.2 Å². The van der Waals surface area contributed by atoms with Crippen molar-refractivity contribution in [1.82, 2.24) is 34.5 Å². The topological polar surface area (TPSA) is 138 Å². The van der Waals surface area contributed by atoms with E-state index in [4.69, 9.17) is 9.47 Å². The lowest BCUT2D eigenvalue weighted by molar-refractivity contribution is -0.0793. The molecule has 14 heteroatoms. The number of rotatable bonds is 8. The number of hydrogen-bond donors (Lipinski definition) is 1. The van der Waals surface area contributed by atoms with E-state index >= 15 is 0 Å². The van der Waals surface area contributed by atoms with Crippen molar-refractivity contribution in [3.8, 4) is 29.3 Å². The summed E-state index contributed by atoms with van der Waals surface area (Å²) in [6, 6.07) is 14.0. The van der Waals surface area contributed by atoms with Gasteiger partial charge < -0.3 is 19.5 Å². The molecule has 0 bridgehead atoms. The maximum absolute atomic E-state index is 12.7. The lowest BCUT2D eigenvalue weighted by Gasteiger charge is -2.27. The summed E-state index contributed by atoms with van der Waals surface area (Å²) in [6.45, 7) is 1.45. The van der Waals surface area contributed by atoms with Gasteiger partial charge in [-0.15, -0.1) is 10.2 Å². The number of fused-ring (bicyclic) bond motifs is 1. The lowest BCUT2D eigenvalue weighted by Crippen LogP contribution is -2.38. The molecule has 5 aromatic rings. The number of pyridine rings is 1. The zero-order chi connectivity index (χ0) is 27.8. The van der Waals surface area contributed by atoms with Gasteiger partial charge in [0.15, 0.2) is 11.6 Å². The van der Waals surface area contributed by atoms with Gasteiger partial charge >= 0.3 is 6.61 Å². The third kappa shape index (κ3) is 4.85. The molecule has 40 heavy (non-hydrogen) atoms. The van der Waals surface area contributed by atoms with Crippen molar-refractivity contribution in [3.63, 3.8) is 0 Å². The maximum atomic E-state index is 12.7. The minimum atomic E-state index is -3.03. The Morgan fingerprint density at radius 2 is 1.98 bits per heavy atom. The first kappa shape index (κ1) is 25.1. The molecule has 1 fully saturated rings. The zero-order valence-corrected chi connectivity index (χ0v) is 21.2. The van der Waals surface area contributed by atoms with Crippen LogP contribution in [0.4, 0.5) is 20.3 Å². The molecule has 1 aromatic carbocycles. The Morgan fingerprint density at radius 1 is 1.12 bits per heavy atom. The molecule has 1 aliphatic heterocycles. The molecule has 6 rings (SSSR count). The number of halogens is 2. The second-order valence-electron chi connectivity index (χ2n) is 8.98. The number of nitrogens with zero attached hydrogens (tertiary/aromatic N) is 8. The first-order valence-corrected chi connectivity index (χ1v) is 12.1. The normalized spacial score (nSPS) is 13.3. The highest BCUT2D eigenvalue weighted by molar-refractivity contribution is 5.86. The monoisotopic (exact) mass is 545 g/mol. The second-order valence-corrected chi connectivity index (χ2v) is 8.98. The van der Waals surface area contributed by atoms with E-state index in [0.717, 1.165) is 5.69 Å². The largest absolute Gasteiger partial charge is 0.483 e. The molecule has 4 aromatic heterocycles. The van der Waals surface area contributed by atoms with Gasteiger partial charge in [-0.1, -0.05) is 0 Å². The molecule has 0 spiro atoms. The van der Waals surface area contributed by atoms with Crippen LogP contribution < -0.4 is 14.8 Å². The van der Waals surface area contributed by atoms with E-state index in [0.29, 0.717) is 53.0 Å². The second kappa shape index (κ2) is 10.2. The van der Waals surface area contributed by atoms with Crippen molar-refractivity contribution in [1.29, 1.82) is 5.26 Å². The van der Waals surface area contributed by atoms with E-state index in [-0.39, 0.29) is 23.4 Å². The summed E-state index contributed by atoms with van der Waals surface area (Å²) in [5.41, 5.74) is 3.38. The summed E-state index contributed by atoms with van der Waals surface area (Å²) in [5, 5.41) is 25.3. The van der Waals surface area contributed by atoms with Crippen LogP contribution in [0.25, 0.3) is 22.7 Å². The van der Waals surface area contributed by atoms with Crippen molar-refractivity contribution >= 4 is 22.5 Å². The minimum absolute atomic E-state index is 0.0804. The molecular formula is C26H21F2N9O3. The maximum Gasteiger partial charge on any atom is 0.388 e. The highest BCUT2D eigenvalue weighted by Crippen LogP contribution is 2.34. The number of ether oxygens (including phenoxy) is 3. The molecule has 12 nitrogen and oxygen atoms in total. The molecule has 1 saturated heterocycles. The zero-order valence-electron chi connectivity index (χ0n) is 21.2. The van der Waals surface area contributed by atoms with Gasteiger partial charge in [-0.3, -0.25) is 4.57 Å². The standard InChI is InChI=1S/C26H21F2N9O3/c1-14-3-5-22(34-33-14)31-19-8-20-18(9-21(19)39-17-11-38-12-17)30-13-36(20)23-6-4-16(10-29)25(32-23)37-15(2)7-24(35-37)40-26(27)28/h3-9,13,17,26H,11-12H2,1-2H3,(H,31,34). The summed E-state index contributed by atoms with van der Waals surface area (Å²) in [7, 11) is 0. The van der Waals surface area contributed by atoms with Crippen LogP contribution in [-0.4, -0.2) is 60.4 Å². The Labute approximate surface area is 225 Å². The highest BCUT2D eigenvalue weighted by atomic mass is 19.3. The third-order valence-corrected chi connectivity index (χ3v) is 6.11. The number of anilines is 2. The Hall–Kier alpha value is -5.16. The summed E-state index contributed by atoms with van der Waals surface area (Å²) in [6.07, 6.45) is 1.51. The van der Waals surface area contributed by atoms with E-state index < -0.39 is 6.61 Å². The fourth-order valence-electron chi connectivity index (χ4n) is 4.11. The number of aryl methyl sites for hydroxylation is 2. The molecule has 1 N–H and O–H groups in total. The van der Waals surface area contributed by atoms with Crippen LogP contribution >= 0.6 is 0 Å². The summed E-state index contributed by atoms with van der Waals surface area (Å²) in [4.78, 5) is 9.17. The number of nitriles is 1. The van der Waals surface area contributed by atoms with E-state index in [9.17, 15) is 14.0 Å². The lowest BCUT2D eigenvalue weighted by atomic mass is 10.2. The van der Waals surface area contributed by atoms with Crippen LogP contribution in [0, 0.1) is 25.2 Å². The Kier molecular flexibility index (Phi) is 6.40. The smallest absolute Gasteiger partial charge is 0.388 e. The van der Waals surface area contributed by atoms with Gasteiger partial charge in [0, 0.05) is 17.8 Å². The number of benzene rings is 1. The Bertz CT molecular complexity index is 1740. The average molecular weight is 546 g/mol. The van der Waals surface area contributed by atoms with Gasteiger partial charge in [0.2, 0.25) is 5.88 Å². The van der Waals surface area contributed by atoms with E-state index in [1.54, 1.807) is 30.0 Å². The molecule has 202 valence electrons. The summed E-state index contributed by atoms with van der Waals surface area (Å²) < 4.78 is 44.3. The fourth-order valence-corrected chi connectivity index (χ4v) is 4.11. The molecule has 0 radical (unpaired) electrons. The third-order valence-electron chi connectivity index (χ3n) is 6.11. The molecule has 1 aliphatic rings. The number of imidazole rings is 1. The van der Waals surface area contributed by atoms with Crippen molar-refractivity contribution < 1.29 is 23.0 Å². The number of aromatic nitrogens is 7. The van der Waals surface area contributed by atoms with Gasteiger partial charge in [-0.25, -0.2) is 14.6 Å². The first-order valence-electron chi connectivity index (χ1n) is 12.1. The molecule has 0 amide bonds. The van der Waals surface area contributed by atoms with Crippen LogP contribution in [0.1, 0.15) is 17.0 Å². The molecule has 0 saturated carbocycles. The van der Waals surface area contributed by atoms with E-state index in [2.05, 4.69) is 41.4 Å². The van der Waals surface area contributed by atoms with Crippen LogP contribution in [0.2, 0.25) is 0 Å². The molecular weight excluding hydrogens is 524 g/mol. The van der Waals surface area contributed by atoms with Crippen LogP contribution in [0.5, 0.6) is 11.6 Å². The predicted octanol–water partition coefficient (Wildman–Crippen LogP) is 4.01. The number of hydrogen-bond acceptors (Lipinski definition) is 10. The molecule has 0 aliphatic carbocycles. The van der Waals surface area contributed by atoms with Crippen LogP contribution in [0.3, 0.4) is 0 Å². The molecule has 5 heterocycles. The fraction of sp³-hybridized carbons (Fsp3) is 0.231.